The van der Waals surface area contributed by atoms with E-state index < -0.39 is 5.97 Å². The van der Waals surface area contributed by atoms with Crippen molar-refractivity contribution in [2.75, 3.05) is 0 Å². The number of rotatable bonds is 3. The normalized spacial score (nSPS) is 10.2. The molecule has 2 rings (SSSR count). The van der Waals surface area contributed by atoms with E-state index in [4.69, 9.17) is 9.52 Å². The van der Waals surface area contributed by atoms with Crippen molar-refractivity contribution in [2.45, 2.75) is 6.54 Å². The van der Waals surface area contributed by atoms with Crippen LogP contribution in [-0.2, 0) is 6.54 Å². The average Bonchev–Trinajstić information content (AvgIpc) is 2.69. The number of carboxylic acids is 1. The molecule has 0 fully saturated rings. The Balaban J connectivity index is 2.35. The van der Waals surface area contributed by atoms with Crippen LogP contribution < -0.4 is 5.56 Å². The molecule has 0 spiro atoms. The lowest BCUT2D eigenvalue weighted by Crippen LogP contribution is -2.19. The minimum Gasteiger partial charge on any atom is -0.478 e. The first-order valence-corrected chi connectivity index (χ1v) is 4.63. The fourth-order valence-electron chi connectivity index (χ4n) is 1.40. The maximum absolute atomic E-state index is 11.4. The van der Waals surface area contributed by atoms with Crippen molar-refractivity contribution < 1.29 is 14.3 Å². The molecular weight excluding hydrogens is 210 g/mol. The third-order valence-corrected chi connectivity index (χ3v) is 2.19. The van der Waals surface area contributed by atoms with Gasteiger partial charge >= 0.3 is 5.97 Å². The molecule has 0 atom stereocenters. The SMILES string of the molecule is O=C(O)c1ccoc1Cn1ccccc1=O. The van der Waals surface area contributed by atoms with Crippen LogP contribution in [-0.4, -0.2) is 15.6 Å². The summed E-state index contributed by atoms with van der Waals surface area (Å²) in [4.78, 5) is 22.2. The lowest BCUT2D eigenvalue weighted by atomic mass is 10.2. The van der Waals surface area contributed by atoms with Crippen LogP contribution in [0.5, 0.6) is 0 Å². The van der Waals surface area contributed by atoms with Gasteiger partial charge in [0, 0.05) is 12.3 Å². The van der Waals surface area contributed by atoms with Gasteiger partial charge in [-0.2, -0.15) is 0 Å². The molecule has 0 aromatic carbocycles. The Morgan fingerprint density at radius 1 is 1.38 bits per heavy atom. The number of aromatic carboxylic acids is 1. The van der Waals surface area contributed by atoms with Crippen LogP contribution in [0.2, 0.25) is 0 Å². The number of hydrogen-bond donors (Lipinski definition) is 1. The number of aromatic nitrogens is 1. The van der Waals surface area contributed by atoms with Gasteiger partial charge < -0.3 is 14.1 Å². The van der Waals surface area contributed by atoms with Gasteiger partial charge in [-0.25, -0.2) is 4.79 Å². The number of carbonyl (C=O) groups is 1. The van der Waals surface area contributed by atoms with E-state index in [1.807, 2.05) is 0 Å². The maximum Gasteiger partial charge on any atom is 0.339 e. The summed E-state index contributed by atoms with van der Waals surface area (Å²) in [5.41, 5.74) is -0.119. The highest BCUT2D eigenvalue weighted by Crippen LogP contribution is 2.11. The third kappa shape index (κ3) is 1.88. The molecule has 5 nitrogen and oxygen atoms in total. The van der Waals surface area contributed by atoms with Crippen molar-refractivity contribution in [3.8, 4) is 0 Å². The molecule has 2 heterocycles. The number of hydrogen-bond acceptors (Lipinski definition) is 3. The van der Waals surface area contributed by atoms with E-state index >= 15 is 0 Å². The molecule has 5 heteroatoms. The predicted molar refractivity (Wildman–Crippen MR) is 55.5 cm³/mol. The van der Waals surface area contributed by atoms with Crippen LogP contribution in [0, 0.1) is 0 Å². The Kier molecular flexibility index (Phi) is 2.59. The van der Waals surface area contributed by atoms with Gasteiger partial charge in [-0.3, -0.25) is 4.79 Å². The summed E-state index contributed by atoms with van der Waals surface area (Å²) in [6.07, 6.45) is 2.88. The van der Waals surface area contributed by atoms with Gasteiger partial charge in [0.1, 0.15) is 11.3 Å². The molecule has 1 N–H and O–H groups in total. The molecule has 16 heavy (non-hydrogen) atoms. The molecule has 0 saturated carbocycles. The number of nitrogens with zero attached hydrogens (tertiary/aromatic N) is 1. The Labute approximate surface area is 90.6 Å². The Bertz CT molecular complexity index is 567. The van der Waals surface area contributed by atoms with E-state index in [0.717, 1.165) is 0 Å². The summed E-state index contributed by atoms with van der Waals surface area (Å²) >= 11 is 0. The Hall–Kier alpha value is -2.30. The highest BCUT2D eigenvalue weighted by Gasteiger charge is 2.13. The molecule has 0 bridgehead atoms. The van der Waals surface area contributed by atoms with E-state index in [2.05, 4.69) is 0 Å². The van der Waals surface area contributed by atoms with Crippen molar-refractivity contribution >= 4 is 5.97 Å². The molecule has 2 aromatic rings. The summed E-state index contributed by atoms with van der Waals surface area (Å²) < 4.78 is 6.42. The molecule has 2 aromatic heterocycles. The van der Waals surface area contributed by atoms with Crippen LogP contribution in [0.25, 0.3) is 0 Å². The molecular formula is C11H9NO4. The van der Waals surface area contributed by atoms with Crippen LogP contribution in [0.4, 0.5) is 0 Å². The van der Waals surface area contributed by atoms with E-state index in [1.165, 1.54) is 23.0 Å². The zero-order chi connectivity index (χ0) is 11.5. The molecule has 0 aliphatic heterocycles. The fraction of sp³-hybridized carbons (Fsp3) is 0.0909. The molecule has 0 radical (unpaired) electrons. The van der Waals surface area contributed by atoms with Crippen LogP contribution in [0.1, 0.15) is 16.1 Å². The zero-order valence-electron chi connectivity index (χ0n) is 8.29. The summed E-state index contributed by atoms with van der Waals surface area (Å²) in [6, 6.07) is 6.10. The smallest absolute Gasteiger partial charge is 0.339 e. The largest absolute Gasteiger partial charge is 0.478 e. The second-order valence-electron chi connectivity index (χ2n) is 3.23. The lowest BCUT2D eigenvalue weighted by Gasteiger charge is -2.02. The quantitative estimate of drug-likeness (QED) is 0.841. The predicted octanol–water partition coefficient (Wildman–Crippen LogP) is 1.19. The minimum atomic E-state index is -1.06. The Morgan fingerprint density at radius 3 is 2.88 bits per heavy atom. The van der Waals surface area contributed by atoms with Crippen molar-refractivity contribution in [2.24, 2.45) is 0 Å². The van der Waals surface area contributed by atoms with Gasteiger partial charge in [0.05, 0.1) is 12.8 Å². The van der Waals surface area contributed by atoms with Crippen LogP contribution in [0.15, 0.2) is 45.9 Å². The number of carboxylic acid groups (broad SMARTS) is 1. The molecule has 82 valence electrons. The first-order chi connectivity index (χ1) is 7.68. The van der Waals surface area contributed by atoms with Gasteiger partial charge in [-0.1, -0.05) is 6.07 Å². The van der Waals surface area contributed by atoms with E-state index in [0.29, 0.717) is 0 Å². The number of furan rings is 1. The number of pyridine rings is 1. The summed E-state index contributed by atoms with van der Waals surface area (Å²) in [7, 11) is 0. The van der Waals surface area contributed by atoms with Crippen molar-refractivity contribution in [1.29, 1.82) is 0 Å². The van der Waals surface area contributed by atoms with Gasteiger partial charge in [-0.15, -0.1) is 0 Å². The van der Waals surface area contributed by atoms with Gasteiger partial charge in [0.25, 0.3) is 5.56 Å². The minimum absolute atomic E-state index is 0.0794. The summed E-state index contributed by atoms with van der Waals surface area (Å²) in [5.74, 6) is -0.798. The van der Waals surface area contributed by atoms with Gasteiger partial charge in [0.15, 0.2) is 0 Å². The van der Waals surface area contributed by atoms with Crippen LogP contribution >= 0.6 is 0 Å². The van der Waals surface area contributed by atoms with Crippen molar-refractivity contribution in [3.63, 3.8) is 0 Å². The molecule has 0 aliphatic rings. The molecule has 0 saturated heterocycles. The molecule has 0 amide bonds. The summed E-state index contributed by atoms with van der Waals surface area (Å²) in [6.45, 7) is 0.119. The zero-order valence-corrected chi connectivity index (χ0v) is 8.29. The lowest BCUT2D eigenvalue weighted by molar-refractivity contribution is 0.0694. The van der Waals surface area contributed by atoms with E-state index in [9.17, 15) is 9.59 Å². The second kappa shape index (κ2) is 4.06. The fourth-order valence-corrected chi connectivity index (χ4v) is 1.40. The first-order valence-electron chi connectivity index (χ1n) is 4.63. The highest BCUT2D eigenvalue weighted by atomic mass is 16.4. The van der Waals surface area contributed by atoms with E-state index in [-0.39, 0.29) is 23.4 Å². The van der Waals surface area contributed by atoms with E-state index in [1.54, 1.807) is 18.3 Å². The maximum atomic E-state index is 11.4. The van der Waals surface area contributed by atoms with Crippen molar-refractivity contribution in [3.05, 3.63) is 58.4 Å². The second-order valence-corrected chi connectivity index (χ2v) is 3.23. The molecule has 0 unspecified atom stereocenters. The third-order valence-electron chi connectivity index (χ3n) is 2.19. The summed E-state index contributed by atoms with van der Waals surface area (Å²) in [5, 5.41) is 8.85. The first kappa shape index (κ1) is 10.2. The molecule has 0 aliphatic carbocycles. The standard InChI is InChI=1S/C11H9NO4/c13-10-3-1-2-5-12(10)7-9-8(11(14)15)4-6-16-9/h1-6H,7H2,(H,14,15). The topological polar surface area (TPSA) is 72.4 Å². The Morgan fingerprint density at radius 2 is 2.19 bits per heavy atom. The van der Waals surface area contributed by atoms with Crippen molar-refractivity contribution in [1.82, 2.24) is 4.57 Å². The van der Waals surface area contributed by atoms with Crippen LogP contribution in [0.3, 0.4) is 0 Å². The van der Waals surface area contributed by atoms with Gasteiger partial charge in [-0.05, 0) is 12.1 Å². The monoisotopic (exact) mass is 219 g/mol. The highest BCUT2D eigenvalue weighted by molar-refractivity contribution is 5.88. The average molecular weight is 219 g/mol. The van der Waals surface area contributed by atoms with Gasteiger partial charge in [0.2, 0.25) is 0 Å².